The average molecular weight is 159 g/mol. The number of rotatable bonds is 0. The third kappa shape index (κ3) is 269. The van der Waals surface area contributed by atoms with E-state index in [0.29, 0.717) is 0 Å². The molecule has 0 aliphatic rings. The molecule has 0 aromatic carbocycles. The van der Waals surface area contributed by atoms with Gasteiger partial charge in [0.2, 0.25) is 0 Å². The summed E-state index contributed by atoms with van der Waals surface area (Å²) in [6, 6.07) is 0. The van der Waals surface area contributed by atoms with Crippen LogP contribution < -0.4 is 143 Å². The maximum absolute atomic E-state index is 8.42. The molecule has 0 saturated heterocycles. The van der Waals surface area contributed by atoms with Gasteiger partial charge in [-0.15, -0.1) is 0 Å². The van der Waals surface area contributed by atoms with Crippen molar-refractivity contribution in [1.29, 1.82) is 0 Å². The van der Waals surface area contributed by atoms with Crippen molar-refractivity contribution in [3.8, 4) is 0 Å². The minimum atomic E-state index is -2.92. The molecule has 14 heavy (non-hydrogen) atoms. The molecule has 0 amide bonds. The molecule has 0 unspecified atom stereocenters. The molecule has 0 aromatic heterocycles. The molecule has 0 atom stereocenters. The third-order valence-corrected chi connectivity index (χ3v) is 0. The molecule has 0 bridgehead atoms. The Morgan fingerprint density at radius 2 is 0.357 bits per heavy atom. The summed E-state index contributed by atoms with van der Waals surface area (Å²) in [5.74, 6) is 0. The molecule has 0 saturated carbocycles. The molecule has 0 radical (unpaired) electrons. The van der Waals surface area contributed by atoms with E-state index in [-0.39, 0.29) is 113 Å². The molecule has 0 heterocycles. The van der Waals surface area contributed by atoms with Gasteiger partial charge in [0.25, 0.3) is 0 Å². The third-order valence-electron chi connectivity index (χ3n) is 0. The van der Waals surface area contributed by atoms with Crippen LogP contribution in [-0.4, -0.2) is 14.6 Å². The Balaban J connectivity index is -0.00000000600. The molecule has 0 aromatic rings. The van der Waals surface area contributed by atoms with Crippen molar-refractivity contribution in [2.45, 2.75) is 0 Å². The Hall–Kier alpha value is 3.47. The van der Waals surface area contributed by atoms with Gasteiger partial charge in [0, 0.05) is 0 Å². The van der Waals surface area contributed by atoms with Gasteiger partial charge >= 0.3 is 113 Å². The van der Waals surface area contributed by atoms with E-state index in [1.165, 1.54) is 0 Å². The smallest absolute Gasteiger partial charge is 0.907 e. The molecule has 0 aliphatic heterocycles. The van der Waals surface area contributed by atoms with Gasteiger partial charge in [0.1, 0.15) is 0 Å². The van der Waals surface area contributed by atoms with Gasteiger partial charge in [0.15, 0.2) is 0 Å². The maximum Gasteiger partial charge on any atom is 1.00 e. The van der Waals surface area contributed by atoms with Crippen molar-refractivity contribution < 1.29 is 143 Å². The standard InChI is InChI=1S/2BO3.6Li/c2*2-1(3)4;;;;;;/q2*-3;6*+1. The van der Waals surface area contributed by atoms with E-state index in [1.807, 2.05) is 0 Å². The van der Waals surface area contributed by atoms with E-state index in [4.69, 9.17) is 30.1 Å². The zero-order chi connectivity index (χ0) is 7.15. The topological polar surface area (TPSA) is 138 Å². The maximum atomic E-state index is 8.42. The second-order valence-corrected chi connectivity index (χ2v) is 0.577. The Kier molecular flexibility index (Phi) is 166. The van der Waals surface area contributed by atoms with E-state index in [2.05, 4.69) is 0 Å². The van der Waals surface area contributed by atoms with Gasteiger partial charge in [-0.1, -0.05) is 0 Å². The van der Waals surface area contributed by atoms with E-state index in [9.17, 15) is 0 Å². The summed E-state index contributed by atoms with van der Waals surface area (Å²) in [6.07, 6.45) is 0. The van der Waals surface area contributed by atoms with Crippen LogP contribution >= 0.6 is 0 Å². The van der Waals surface area contributed by atoms with Gasteiger partial charge in [-0.2, -0.15) is 0 Å². The Bertz CT molecular complexity index is 35.8. The fourth-order valence-corrected chi connectivity index (χ4v) is 0. The molecular formula is B2Li6O6. The largest absolute Gasteiger partial charge is 1.00 e. The van der Waals surface area contributed by atoms with Gasteiger partial charge in [-0.05, 0) is 0 Å². The van der Waals surface area contributed by atoms with Crippen LogP contribution in [-0.2, 0) is 0 Å². The van der Waals surface area contributed by atoms with Crippen LogP contribution in [0.1, 0.15) is 0 Å². The Morgan fingerprint density at radius 1 is 0.357 bits per heavy atom. The van der Waals surface area contributed by atoms with Crippen LogP contribution in [0.3, 0.4) is 0 Å². The van der Waals surface area contributed by atoms with Gasteiger partial charge in [0.05, 0.1) is 0 Å². The first-order valence-corrected chi connectivity index (χ1v) is 1.41. The average Bonchev–Trinajstić information content (AvgIpc) is 1.25. The first kappa shape index (κ1) is 52.8. The number of hydrogen-bond donors (Lipinski definition) is 0. The molecule has 6 nitrogen and oxygen atoms in total. The molecule has 0 rings (SSSR count). The minimum absolute atomic E-state index is 0. The molecular weight excluding hydrogens is 159 g/mol. The van der Waals surface area contributed by atoms with E-state index in [0.717, 1.165) is 0 Å². The van der Waals surface area contributed by atoms with Gasteiger partial charge in [-0.25, -0.2) is 0 Å². The first-order chi connectivity index (χ1) is 3.46. The van der Waals surface area contributed by atoms with Crippen molar-refractivity contribution >= 4 is 14.6 Å². The van der Waals surface area contributed by atoms with Crippen LogP contribution in [0.25, 0.3) is 0 Å². The van der Waals surface area contributed by atoms with E-state index in [1.54, 1.807) is 0 Å². The summed E-state index contributed by atoms with van der Waals surface area (Å²) in [5, 5.41) is 50.5. The second-order valence-electron chi connectivity index (χ2n) is 0.577. The van der Waals surface area contributed by atoms with Crippen molar-refractivity contribution in [1.82, 2.24) is 0 Å². The predicted octanol–water partition coefficient (Wildman–Crippen LogP) is -25.9. The molecule has 0 spiro atoms. The minimum Gasteiger partial charge on any atom is -0.907 e. The summed E-state index contributed by atoms with van der Waals surface area (Å²) in [4.78, 5) is 0. The summed E-state index contributed by atoms with van der Waals surface area (Å²) in [6.45, 7) is 0. The van der Waals surface area contributed by atoms with Crippen molar-refractivity contribution in [2.24, 2.45) is 0 Å². The molecule has 0 N–H and O–H groups in total. The summed E-state index contributed by atoms with van der Waals surface area (Å²) >= 11 is 0. The number of hydrogen-bond acceptors (Lipinski definition) is 6. The van der Waals surface area contributed by atoms with Crippen molar-refractivity contribution in [3.63, 3.8) is 0 Å². The van der Waals surface area contributed by atoms with Crippen LogP contribution in [0.15, 0.2) is 0 Å². The van der Waals surface area contributed by atoms with Crippen LogP contribution in [0.4, 0.5) is 0 Å². The zero-order valence-corrected chi connectivity index (χ0v) is 9.60. The second kappa shape index (κ2) is 43.9. The van der Waals surface area contributed by atoms with Crippen LogP contribution in [0.5, 0.6) is 0 Å². The fourth-order valence-electron chi connectivity index (χ4n) is 0. The zero-order valence-electron chi connectivity index (χ0n) is 9.60. The molecule has 0 aliphatic carbocycles. The predicted molar refractivity (Wildman–Crippen MR) is 11.5 cm³/mol. The van der Waals surface area contributed by atoms with Crippen LogP contribution in [0.2, 0.25) is 0 Å². The van der Waals surface area contributed by atoms with E-state index < -0.39 is 14.6 Å². The van der Waals surface area contributed by atoms with E-state index >= 15 is 0 Å². The van der Waals surface area contributed by atoms with Gasteiger partial charge < -0.3 is 30.1 Å². The Morgan fingerprint density at radius 3 is 0.357 bits per heavy atom. The summed E-state index contributed by atoms with van der Waals surface area (Å²) < 4.78 is 0. The summed E-state index contributed by atoms with van der Waals surface area (Å²) in [7, 11) is -5.83. The van der Waals surface area contributed by atoms with Gasteiger partial charge in [-0.3, -0.25) is 14.6 Å². The molecule has 14 heteroatoms. The van der Waals surface area contributed by atoms with Crippen molar-refractivity contribution in [3.05, 3.63) is 0 Å². The van der Waals surface area contributed by atoms with Crippen molar-refractivity contribution in [2.75, 3.05) is 0 Å². The summed E-state index contributed by atoms with van der Waals surface area (Å²) in [5.41, 5.74) is 0. The Labute approximate surface area is 156 Å². The normalized spacial score (nSPS) is 3.86. The fraction of sp³-hybridized carbons (Fsp3) is 0. The van der Waals surface area contributed by atoms with Crippen LogP contribution in [0, 0.1) is 0 Å². The molecule has 48 valence electrons. The first-order valence-electron chi connectivity index (χ1n) is 1.41. The quantitative estimate of drug-likeness (QED) is 0.321. The SMILES string of the molecule is [Li+].[Li+].[Li+].[Li+].[Li+].[Li+].[O-]B([O-])[O-].[O-]B([O-])[O-]. The molecule has 0 fully saturated rings. The monoisotopic (exact) mass is 160 g/mol.